The molecule has 0 aromatic rings. The number of hydrogen-bond acceptors (Lipinski definition) is 3. The molecular formula is C12H20O4. The van der Waals surface area contributed by atoms with Gasteiger partial charge in [0.25, 0.3) is 0 Å². The average molecular weight is 228 g/mol. The van der Waals surface area contributed by atoms with E-state index in [1.54, 1.807) is 19.9 Å². The molecule has 0 aromatic heterocycles. The summed E-state index contributed by atoms with van der Waals surface area (Å²) in [5.74, 6) is -0.938. The van der Waals surface area contributed by atoms with E-state index >= 15 is 0 Å². The van der Waals surface area contributed by atoms with Crippen LogP contribution in [0.15, 0.2) is 12.7 Å². The van der Waals surface area contributed by atoms with Crippen LogP contribution >= 0.6 is 0 Å². The van der Waals surface area contributed by atoms with E-state index in [9.17, 15) is 9.90 Å². The van der Waals surface area contributed by atoms with Crippen LogP contribution in [0.3, 0.4) is 0 Å². The van der Waals surface area contributed by atoms with Gasteiger partial charge in [0.1, 0.15) is 5.60 Å². The van der Waals surface area contributed by atoms with E-state index < -0.39 is 17.2 Å². The molecule has 0 amide bonds. The highest BCUT2D eigenvalue weighted by Gasteiger charge is 2.43. The summed E-state index contributed by atoms with van der Waals surface area (Å²) in [6.45, 7) is 7.16. The molecule has 4 heteroatoms. The standard InChI is InChI=1S/C12H20O4/c1-4-11(2,3)15-16-12(10(13)14)8-6-5-7-9-12/h4H,1,5-9H2,2-3H3,(H,13,14). The Kier molecular flexibility index (Phi) is 4.10. The maximum atomic E-state index is 11.3. The minimum atomic E-state index is -1.17. The van der Waals surface area contributed by atoms with Gasteiger partial charge in [0.2, 0.25) is 0 Å². The number of carboxylic acid groups (broad SMARTS) is 1. The van der Waals surface area contributed by atoms with E-state index in [1.165, 1.54) is 0 Å². The molecule has 0 unspecified atom stereocenters. The molecule has 0 aromatic carbocycles. The molecule has 1 aliphatic rings. The Hall–Kier alpha value is -0.870. The Balaban J connectivity index is 2.65. The molecular weight excluding hydrogens is 208 g/mol. The highest BCUT2D eigenvalue weighted by Crippen LogP contribution is 2.33. The van der Waals surface area contributed by atoms with Crippen LogP contribution in [0.5, 0.6) is 0 Å². The average Bonchev–Trinajstić information content (AvgIpc) is 2.28. The summed E-state index contributed by atoms with van der Waals surface area (Å²) < 4.78 is 0. The van der Waals surface area contributed by atoms with Crippen LogP contribution in [0.1, 0.15) is 46.0 Å². The van der Waals surface area contributed by atoms with Crippen molar-refractivity contribution in [2.45, 2.75) is 57.2 Å². The summed E-state index contributed by atoms with van der Waals surface area (Å²) in [6.07, 6.45) is 5.40. The Morgan fingerprint density at radius 2 is 1.94 bits per heavy atom. The number of carboxylic acids is 1. The molecule has 0 saturated heterocycles. The van der Waals surface area contributed by atoms with Crippen molar-refractivity contribution in [2.24, 2.45) is 0 Å². The molecule has 0 radical (unpaired) electrons. The van der Waals surface area contributed by atoms with Gasteiger partial charge in [-0.3, -0.25) is 0 Å². The summed E-state index contributed by atoms with van der Waals surface area (Å²) in [7, 11) is 0. The molecule has 4 nitrogen and oxygen atoms in total. The van der Waals surface area contributed by atoms with Crippen LogP contribution in [0.4, 0.5) is 0 Å². The van der Waals surface area contributed by atoms with Crippen molar-refractivity contribution in [3.8, 4) is 0 Å². The molecule has 1 aliphatic carbocycles. The molecule has 0 heterocycles. The zero-order chi connectivity index (χ0) is 12.2. The van der Waals surface area contributed by atoms with Crippen molar-refractivity contribution in [2.75, 3.05) is 0 Å². The second kappa shape index (κ2) is 4.97. The largest absolute Gasteiger partial charge is 0.479 e. The quantitative estimate of drug-likeness (QED) is 0.446. The topological polar surface area (TPSA) is 55.8 Å². The highest BCUT2D eigenvalue weighted by atomic mass is 17.2. The van der Waals surface area contributed by atoms with Gasteiger partial charge >= 0.3 is 5.97 Å². The molecule has 1 N–H and O–H groups in total. The maximum Gasteiger partial charge on any atom is 0.339 e. The SMILES string of the molecule is C=CC(C)(C)OOC1(C(=O)O)CCCCC1. The Labute approximate surface area is 96.2 Å². The molecule has 1 saturated carbocycles. The van der Waals surface area contributed by atoms with Crippen molar-refractivity contribution in [3.63, 3.8) is 0 Å². The van der Waals surface area contributed by atoms with Crippen LogP contribution in [-0.2, 0) is 14.6 Å². The van der Waals surface area contributed by atoms with Crippen molar-refractivity contribution >= 4 is 5.97 Å². The van der Waals surface area contributed by atoms with Gasteiger partial charge in [-0.25, -0.2) is 14.6 Å². The third-order valence-electron chi connectivity index (χ3n) is 2.96. The van der Waals surface area contributed by atoms with Crippen LogP contribution in [0, 0.1) is 0 Å². The lowest BCUT2D eigenvalue weighted by atomic mass is 9.85. The molecule has 0 aliphatic heterocycles. The molecule has 92 valence electrons. The van der Waals surface area contributed by atoms with E-state index in [1.807, 2.05) is 0 Å². The number of carbonyl (C=O) groups is 1. The van der Waals surface area contributed by atoms with Gasteiger partial charge in [-0.2, -0.15) is 0 Å². The van der Waals surface area contributed by atoms with E-state index in [-0.39, 0.29) is 0 Å². The first-order valence-corrected chi connectivity index (χ1v) is 5.66. The van der Waals surface area contributed by atoms with Gasteiger partial charge in [-0.15, -0.1) is 6.58 Å². The molecule has 1 fully saturated rings. The van der Waals surface area contributed by atoms with Crippen molar-refractivity contribution in [3.05, 3.63) is 12.7 Å². The van der Waals surface area contributed by atoms with Gasteiger partial charge in [-0.05, 0) is 39.5 Å². The fourth-order valence-corrected chi connectivity index (χ4v) is 1.68. The van der Waals surface area contributed by atoms with Gasteiger partial charge < -0.3 is 5.11 Å². The smallest absolute Gasteiger partial charge is 0.339 e. The third kappa shape index (κ3) is 3.06. The minimum Gasteiger partial charge on any atom is -0.479 e. The van der Waals surface area contributed by atoms with E-state index in [0.29, 0.717) is 12.8 Å². The number of aliphatic carboxylic acids is 1. The lowest BCUT2D eigenvalue weighted by Crippen LogP contribution is -2.45. The lowest BCUT2D eigenvalue weighted by molar-refractivity contribution is -0.394. The van der Waals surface area contributed by atoms with Crippen LogP contribution in [0.25, 0.3) is 0 Å². The zero-order valence-electron chi connectivity index (χ0n) is 9.99. The zero-order valence-corrected chi connectivity index (χ0v) is 9.99. The summed E-state index contributed by atoms with van der Waals surface area (Å²) in [5.41, 5.74) is -1.83. The predicted molar refractivity (Wildman–Crippen MR) is 59.9 cm³/mol. The van der Waals surface area contributed by atoms with Gasteiger partial charge in [0.15, 0.2) is 5.60 Å². The van der Waals surface area contributed by atoms with Gasteiger partial charge in [-0.1, -0.05) is 12.5 Å². The molecule has 0 bridgehead atoms. The predicted octanol–water partition coefficient (Wildman–Crippen LogP) is 2.69. The first-order valence-electron chi connectivity index (χ1n) is 5.66. The summed E-state index contributed by atoms with van der Waals surface area (Å²) >= 11 is 0. The monoisotopic (exact) mass is 228 g/mol. The molecule has 0 atom stereocenters. The minimum absolute atomic E-state index is 0.509. The Morgan fingerprint density at radius 3 is 2.38 bits per heavy atom. The highest BCUT2D eigenvalue weighted by molar-refractivity contribution is 5.77. The third-order valence-corrected chi connectivity index (χ3v) is 2.96. The van der Waals surface area contributed by atoms with Gasteiger partial charge in [0.05, 0.1) is 0 Å². The maximum absolute atomic E-state index is 11.3. The fraction of sp³-hybridized carbons (Fsp3) is 0.750. The first-order chi connectivity index (χ1) is 7.42. The Morgan fingerprint density at radius 1 is 1.38 bits per heavy atom. The molecule has 16 heavy (non-hydrogen) atoms. The fourth-order valence-electron chi connectivity index (χ4n) is 1.68. The number of rotatable bonds is 5. The van der Waals surface area contributed by atoms with Crippen molar-refractivity contribution in [1.29, 1.82) is 0 Å². The number of hydrogen-bond donors (Lipinski definition) is 1. The summed E-state index contributed by atoms with van der Waals surface area (Å²) in [4.78, 5) is 21.7. The van der Waals surface area contributed by atoms with Crippen LogP contribution < -0.4 is 0 Å². The van der Waals surface area contributed by atoms with E-state index in [0.717, 1.165) is 19.3 Å². The normalized spacial score (nSPS) is 20.4. The molecule has 1 rings (SSSR count). The molecule has 0 spiro atoms. The van der Waals surface area contributed by atoms with Crippen molar-refractivity contribution < 1.29 is 19.7 Å². The van der Waals surface area contributed by atoms with Crippen molar-refractivity contribution in [1.82, 2.24) is 0 Å². The summed E-state index contributed by atoms with van der Waals surface area (Å²) in [5, 5.41) is 9.23. The van der Waals surface area contributed by atoms with Crippen LogP contribution in [-0.4, -0.2) is 22.3 Å². The van der Waals surface area contributed by atoms with Gasteiger partial charge in [0, 0.05) is 0 Å². The Bertz CT molecular complexity index is 264. The van der Waals surface area contributed by atoms with E-state index in [4.69, 9.17) is 9.78 Å². The lowest BCUT2D eigenvalue weighted by Gasteiger charge is -2.34. The summed E-state index contributed by atoms with van der Waals surface area (Å²) in [6, 6.07) is 0. The second-order valence-corrected chi connectivity index (χ2v) is 4.83. The van der Waals surface area contributed by atoms with Crippen LogP contribution in [0.2, 0.25) is 0 Å². The first kappa shape index (κ1) is 13.2. The van der Waals surface area contributed by atoms with E-state index in [2.05, 4.69) is 6.58 Å². The second-order valence-electron chi connectivity index (χ2n) is 4.83.